The molecule has 0 aliphatic heterocycles. The van der Waals surface area contributed by atoms with Crippen molar-refractivity contribution in [2.75, 3.05) is 0 Å². The molecule has 0 aliphatic carbocycles. The van der Waals surface area contributed by atoms with Crippen molar-refractivity contribution in [2.45, 2.75) is 26.7 Å². The zero-order chi connectivity index (χ0) is 16.7. The summed E-state index contributed by atoms with van der Waals surface area (Å²) in [7, 11) is 0. The summed E-state index contributed by atoms with van der Waals surface area (Å²) >= 11 is 0. The van der Waals surface area contributed by atoms with Crippen LogP contribution in [0.1, 0.15) is 22.6 Å². The number of para-hydroxylation sites is 2. The molecule has 0 spiro atoms. The van der Waals surface area contributed by atoms with Gasteiger partial charge < -0.3 is 9.40 Å². The fourth-order valence-corrected chi connectivity index (χ4v) is 3.17. The lowest BCUT2D eigenvalue weighted by Crippen LogP contribution is -2.16. The maximum absolute atomic E-state index is 12.4. The van der Waals surface area contributed by atoms with E-state index in [0.717, 1.165) is 33.1 Å². The molecule has 2 aromatic carbocycles. The Hall–Kier alpha value is -2.88. The SMILES string of the molecule is Cc1ccc2[nH]c(=O)c(CCc3nc4ccccc4o3)c(C)c2c1. The first-order valence-corrected chi connectivity index (χ1v) is 8.08. The number of nitrogens with one attached hydrogen (secondary N) is 1. The second kappa shape index (κ2) is 5.64. The third kappa shape index (κ3) is 2.50. The Bertz CT molecular complexity index is 1070. The average Bonchev–Trinajstić information content (AvgIpc) is 2.98. The molecule has 4 rings (SSSR count). The molecule has 0 unspecified atom stereocenters. The molecule has 2 heterocycles. The van der Waals surface area contributed by atoms with Crippen LogP contribution in [0.25, 0.3) is 22.0 Å². The number of hydrogen-bond acceptors (Lipinski definition) is 3. The number of rotatable bonds is 3. The van der Waals surface area contributed by atoms with Crippen molar-refractivity contribution in [2.24, 2.45) is 0 Å². The van der Waals surface area contributed by atoms with Gasteiger partial charge in [0.25, 0.3) is 5.56 Å². The quantitative estimate of drug-likeness (QED) is 0.619. The number of H-pyrrole nitrogens is 1. The molecule has 0 radical (unpaired) electrons. The summed E-state index contributed by atoms with van der Waals surface area (Å²) in [5.41, 5.74) is 5.51. The normalized spacial score (nSPS) is 11.4. The van der Waals surface area contributed by atoms with Gasteiger partial charge in [0.1, 0.15) is 5.52 Å². The number of nitrogens with zero attached hydrogens (tertiary/aromatic N) is 1. The predicted molar refractivity (Wildman–Crippen MR) is 95.5 cm³/mol. The van der Waals surface area contributed by atoms with Gasteiger partial charge in [-0.3, -0.25) is 4.79 Å². The summed E-state index contributed by atoms with van der Waals surface area (Å²) in [5, 5.41) is 1.10. The minimum atomic E-state index is -0.0278. The maximum Gasteiger partial charge on any atom is 0.251 e. The van der Waals surface area contributed by atoms with Crippen molar-refractivity contribution in [1.82, 2.24) is 9.97 Å². The first-order chi connectivity index (χ1) is 11.6. The van der Waals surface area contributed by atoms with E-state index in [1.54, 1.807) is 0 Å². The Morgan fingerprint density at radius 1 is 1.08 bits per heavy atom. The van der Waals surface area contributed by atoms with Crippen LogP contribution in [-0.2, 0) is 12.8 Å². The summed E-state index contributed by atoms with van der Waals surface area (Å²) < 4.78 is 5.75. The van der Waals surface area contributed by atoms with Crippen LogP contribution in [0.15, 0.2) is 51.7 Å². The highest BCUT2D eigenvalue weighted by atomic mass is 16.3. The van der Waals surface area contributed by atoms with E-state index in [-0.39, 0.29) is 5.56 Å². The number of pyridine rings is 1. The van der Waals surface area contributed by atoms with E-state index in [0.29, 0.717) is 18.7 Å². The Morgan fingerprint density at radius 3 is 2.75 bits per heavy atom. The van der Waals surface area contributed by atoms with Gasteiger partial charge in [-0.05, 0) is 50.1 Å². The van der Waals surface area contributed by atoms with Crippen molar-refractivity contribution in [3.63, 3.8) is 0 Å². The Kier molecular flexibility index (Phi) is 3.45. The van der Waals surface area contributed by atoms with Gasteiger partial charge in [-0.15, -0.1) is 0 Å². The number of hydrogen-bond donors (Lipinski definition) is 1. The van der Waals surface area contributed by atoms with Crippen molar-refractivity contribution < 1.29 is 4.42 Å². The van der Waals surface area contributed by atoms with Crippen LogP contribution in [0.3, 0.4) is 0 Å². The monoisotopic (exact) mass is 318 g/mol. The van der Waals surface area contributed by atoms with Gasteiger partial charge >= 0.3 is 0 Å². The van der Waals surface area contributed by atoms with E-state index in [2.05, 4.69) is 23.0 Å². The van der Waals surface area contributed by atoms with Crippen LogP contribution in [0, 0.1) is 13.8 Å². The highest BCUT2D eigenvalue weighted by molar-refractivity contribution is 5.83. The van der Waals surface area contributed by atoms with E-state index in [9.17, 15) is 4.79 Å². The maximum atomic E-state index is 12.4. The number of aromatic amines is 1. The Balaban J connectivity index is 1.70. The van der Waals surface area contributed by atoms with Gasteiger partial charge in [-0.25, -0.2) is 4.98 Å². The molecule has 1 N–H and O–H groups in total. The number of oxazole rings is 1. The minimum absolute atomic E-state index is 0.0278. The molecule has 0 bridgehead atoms. The van der Waals surface area contributed by atoms with E-state index in [4.69, 9.17) is 4.42 Å². The summed E-state index contributed by atoms with van der Waals surface area (Å²) in [5.74, 6) is 0.666. The molecule has 0 fully saturated rings. The molecule has 4 aromatic rings. The third-order valence-electron chi connectivity index (χ3n) is 4.48. The van der Waals surface area contributed by atoms with Gasteiger partial charge in [0, 0.05) is 22.9 Å². The van der Waals surface area contributed by atoms with Crippen LogP contribution in [0.2, 0.25) is 0 Å². The zero-order valence-corrected chi connectivity index (χ0v) is 13.7. The van der Waals surface area contributed by atoms with Crippen molar-refractivity contribution in [1.29, 1.82) is 0 Å². The lowest BCUT2D eigenvalue weighted by molar-refractivity contribution is 0.527. The van der Waals surface area contributed by atoms with Crippen molar-refractivity contribution in [3.05, 3.63) is 75.4 Å². The lowest BCUT2D eigenvalue weighted by atomic mass is 10.00. The fraction of sp³-hybridized carbons (Fsp3) is 0.200. The molecule has 0 saturated carbocycles. The van der Waals surface area contributed by atoms with E-state index < -0.39 is 0 Å². The molecule has 120 valence electrons. The molecule has 0 atom stereocenters. The fourth-order valence-electron chi connectivity index (χ4n) is 3.17. The first kappa shape index (κ1) is 14.7. The van der Waals surface area contributed by atoms with E-state index in [1.165, 1.54) is 5.56 Å². The van der Waals surface area contributed by atoms with Crippen molar-refractivity contribution in [3.8, 4) is 0 Å². The highest BCUT2D eigenvalue weighted by Crippen LogP contribution is 2.21. The summed E-state index contributed by atoms with van der Waals surface area (Å²) in [4.78, 5) is 19.9. The summed E-state index contributed by atoms with van der Waals surface area (Å²) in [6.45, 7) is 4.07. The largest absolute Gasteiger partial charge is 0.441 e. The van der Waals surface area contributed by atoms with Crippen LogP contribution in [0.5, 0.6) is 0 Å². The second-order valence-electron chi connectivity index (χ2n) is 6.18. The lowest BCUT2D eigenvalue weighted by Gasteiger charge is -2.08. The smallest absolute Gasteiger partial charge is 0.251 e. The van der Waals surface area contributed by atoms with Gasteiger partial charge in [0.2, 0.25) is 0 Å². The molecule has 0 aliphatic rings. The number of aromatic nitrogens is 2. The Morgan fingerprint density at radius 2 is 1.92 bits per heavy atom. The number of fused-ring (bicyclic) bond motifs is 2. The molecule has 0 saturated heterocycles. The predicted octanol–water partition coefficient (Wildman–Crippen LogP) is 4.07. The van der Waals surface area contributed by atoms with Gasteiger partial charge in [-0.1, -0.05) is 23.8 Å². The second-order valence-corrected chi connectivity index (χ2v) is 6.18. The summed E-state index contributed by atoms with van der Waals surface area (Å²) in [6, 6.07) is 13.8. The van der Waals surface area contributed by atoms with Crippen LogP contribution >= 0.6 is 0 Å². The number of aryl methyl sites for hydroxylation is 3. The van der Waals surface area contributed by atoms with Crippen LogP contribution in [0.4, 0.5) is 0 Å². The molecule has 4 heteroatoms. The highest BCUT2D eigenvalue weighted by Gasteiger charge is 2.12. The molecule has 24 heavy (non-hydrogen) atoms. The number of benzene rings is 2. The average molecular weight is 318 g/mol. The third-order valence-corrected chi connectivity index (χ3v) is 4.48. The van der Waals surface area contributed by atoms with Gasteiger partial charge in [-0.2, -0.15) is 0 Å². The van der Waals surface area contributed by atoms with Crippen LogP contribution < -0.4 is 5.56 Å². The Labute approximate surface area is 139 Å². The molecule has 2 aromatic heterocycles. The standard InChI is InChI=1S/C20H18N2O2/c1-12-7-9-16-15(11-12)13(2)14(20(23)22-16)8-10-19-21-17-5-3-4-6-18(17)24-19/h3-7,9,11H,8,10H2,1-2H3,(H,22,23). The topological polar surface area (TPSA) is 58.9 Å². The molecule has 0 amide bonds. The summed E-state index contributed by atoms with van der Waals surface area (Å²) in [6.07, 6.45) is 1.22. The van der Waals surface area contributed by atoms with Crippen LogP contribution in [-0.4, -0.2) is 9.97 Å². The molecule has 4 nitrogen and oxygen atoms in total. The minimum Gasteiger partial charge on any atom is -0.441 e. The van der Waals surface area contributed by atoms with E-state index >= 15 is 0 Å². The first-order valence-electron chi connectivity index (χ1n) is 8.08. The molecular weight excluding hydrogens is 300 g/mol. The molecular formula is C20H18N2O2. The van der Waals surface area contributed by atoms with E-state index in [1.807, 2.05) is 43.3 Å². The zero-order valence-electron chi connectivity index (χ0n) is 13.7. The van der Waals surface area contributed by atoms with Gasteiger partial charge in [0.15, 0.2) is 11.5 Å². The van der Waals surface area contributed by atoms with Gasteiger partial charge in [0.05, 0.1) is 0 Å². The van der Waals surface area contributed by atoms with Crippen molar-refractivity contribution >= 4 is 22.0 Å².